The number of benzene rings is 3. The molecule has 64 heavy (non-hydrogen) atoms. The number of fused-ring (bicyclic) bond motifs is 2. The molecular weight excluding hydrogens is 819 g/mol. The Morgan fingerprint density at radius 1 is 0.938 bits per heavy atom. The minimum atomic E-state index is -2.70. The third-order valence-electron chi connectivity index (χ3n) is 13.4. The van der Waals surface area contributed by atoms with Gasteiger partial charge in [0, 0.05) is 130 Å². The van der Waals surface area contributed by atoms with Crippen molar-refractivity contribution in [3.63, 3.8) is 0 Å². The number of rotatable bonds is 11. The molecule has 5 aliphatic rings. The van der Waals surface area contributed by atoms with Crippen molar-refractivity contribution in [2.75, 3.05) is 42.9 Å². The molecule has 0 bridgehead atoms. The number of anilines is 2. The molecule has 0 saturated carbocycles. The molecule has 2 fully saturated rings. The summed E-state index contributed by atoms with van der Waals surface area (Å²) in [6.45, 7) is 6.39. The highest BCUT2D eigenvalue weighted by atomic mass is 19.3. The number of halogens is 2. The molecule has 0 spiro atoms. The number of imide groups is 1. The normalized spacial score (nSPS) is 19.5. The van der Waals surface area contributed by atoms with Crippen molar-refractivity contribution < 1.29 is 28.0 Å². The molecule has 9 rings (SSSR count). The SMILES string of the molecule is CC(=O)N1CCC(NC2CCN(Cc3ccc(CNc4cccc5c4CN(C4CCC(=O)NC4=O)C5=O)cc3)CC2)=C(C(=N)N2CCCc3cc(-c4cnn(C)c4)c(C(F)F)cc32)C1. The van der Waals surface area contributed by atoms with E-state index in [1.54, 1.807) is 53.0 Å². The van der Waals surface area contributed by atoms with Crippen molar-refractivity contribution in [1.29, 1.82) is 5.41 Å². The standard InChI is InChI=1S/C48H54F2N10O4/c1-29(61)58-20-16-41(39(27-58)46(51)59-17-4-5-32-21-36(33-24-53-56(2)26-33)37(45(49)50)22-43(32)59)54-34-14-18-57(19-15-34)25-31-10-8-30(9-11-31)23-52-40-7-3-6-35-38(40)28-60(48(35)64)42-12-13-44(62)55-47(42)63/h3,6-11,21-22,24,26,34,42,45,51-52,54H,4-5,12-20,23,25,27-28H2,1-2H3,(H,55,62,63). The van der Waals surface area contributed by atoms with Crippen molar-refractivity contribution in [1.82, 2.24) is 35.1 Å². The van der Waals surface area contributed by atoms with E-state index in [-0.39, 0.29) is 41.6 Å². The van der Waals surface area contributed by atoms with E-state index >= 15 is 0 Å². The Balaban J connectivity index is 0.818. The number of nitrogens with one attached hydrogen (secondary N) is 4. The summed E-state index contributed by atoms with van der Waals surface area (Å²) >= 11 is 0. The predicted octanol–water partition coefficient (Wildman–Crippen LogP) is 5.89. The first-order valence-electron chi connectivity index (χ1n) is 22.2. The minimum absolute atomic E-state index is 0.0563. The highest BCUT2D eigenvalue weighted by Gasteiger charge is 2.40. The minimum Gasteiger partial charge on any atom is -0.385 e. The van der Waals surface area contributed by atoms with Crippen molar-refractivity contribution in [3.05, 3.63) is 112 Å². The number of amides is 4. The molecule has 0 aliphatic carbocycles. The summed E-state index contributed by atoms with van der Waals surface area (Å²) in [5, 5.41) is 23.4. The Labute approximate surface area is 371 Å². The fourth-order valence-corrected chi connectivity index (χ4v) is 9.89. The Bertz CT molecular complexity index is 2530. The number of likely N-dealkylation sites (tertiary alicyclic amines) is 1. The highest BCUT2D eigenvalue weighted by molar-refractivity contribution is 6.10. The van der Waals surface area contributed by atoms with Crippen molar-refractivity contribution in [3.8, 4) is 11.1 Å². The lowest BCUT2D eigenvalue weighted by atomic mass is 9.92. The molecule has 6 heterocycles. The number of aryl methyl sites for hydroxylation is 2. The quantitative estimate of drug-likeness (QED) is 0.0820. The van der Waals surface area contributed by atoms with Gasteiger partial charge in [-0.15, -0.1) is 0 Å². The number of aromatic nitrogens is 2. The second kappa shape index (κ2) is 18.0. The van der Waals surface area contributed by atoms with Crippen molar-refractivity contribution in [2.24, 2.45) is 7.05 Å². The highest BCUT2D eigenvalue weighted by Crippen LogP contribution is 2.40. The third kappa shape index (κ3) is 8.75. The van der Waals surface area contributed by atoms with E-state index in [2.05, 4.69) is 50.2 Å². The number of carbonyl (C=O) groups excluding carboxylic acids is 4. The molecule has 0 radical (unpaired) electrons. The zero-order valence-electron chi connectivity index (χ0n) is 36.3. The molecule has 5 aliphatic heterocycles. The summed E-state index contributed by atoms with van der Waals surface area (Å²) < 4.78 is 30.8. The summed E-state index contributed by atoms with van der Waals surface area (Å²) in [5.74, 6) is -0.731. The van der Waals surface area contributed by atoms with E-state index in [4.69, 9.17) is 0 Å². The van der Waals surface area contributed by atoms with Gasteiger partial charge < -0.3 is 25.3 Å². The first kappa shape index (κ1) is 42.9. The van der Waals surface area contributed by atoms with E-state index in [1.165, 1.54) is 5.56 Å². The molecule has 4 aromatic rings. The molecule has 1 aromatic heterocycles. The van der Waals surface area contributed by atoms with Gasteiger partial charge in [0.05, 0.1) is 12.7 Å². The first-order valence-corrected chi connectivity index (χ1v) is 22.2. The number of alkyl halides is 2. The summed E-state index contributed by atoms with van der Waals surface area (Å²) in [5.41, 5.74) is 8.84. The molecular formula is C48H54F2N10O4. The second-order valence-corrected chi connectivity index (χ2v) is 17.6. The second-order valence-electron chi connectivity index (χ2n) is 17.6. The maximum Gasteiger partial charge on any atom is 0.264 e. The van der Waals surface area contributed by atoms with Crippen LogP contribution in [0.2, 0.25) is 0 Å². The monoisotopic (exact) mass is 872 g/mol. The summed E-state index contributed by atoms with van der Waals surface area (Å²) in [6.07, 6.45) is 5.08. The van der Waals surface area contributed by atoms with Gasteiger partial charge in [0.15, 0.2) is 0 Å². The van der Waals surface area contributed by atoms with Crippen LogP contribution in [0.5, 0.6) is 0 Å². The van der Waals surface area contributed by atoms with Gasteiger partial charge in [-0.3, -0.25) is 39.5 Å². The van der Waals surface area contributed by atoms with Gasteiger partial charge in [0.2, 0.25) is 17.7 Å². The summed E-state index contributed by atoms with van der Waals surface area (Å²) in [4.78, 5) is 57.7. The Morgan fingerprint density at radius 3 is 2.44 bits per heavy atom. The molecule has 14 nitrogen and oxygen atoms in total. The third-order valence-corrected chi connectivity index (χ3v) is 13.4. The van der Waals surface area contributed by atoms with Gasteiger partial charge in [0.25, 0.3) is 12.3 Å². The van der Waals surface area contributed by atoms with E-state index in [9.17, 15) is 33.4 Å². The van der Waals surface area contributed by atoms with Crippen LogP contribution < -0.4 is 20.9 Å². The van der Waals surface area contributed by atoms with Crippen LogP contribution in [0, 0.1) is 5.41 Å². The molecule has 2 saturated heterocycles. The molecule has 4 N–H and O–H groups in total. The van der Waals surface area contributed by atoms with Crippen LogP contribution in [0.15, 0.2) is 78.3 Å². The van der Waals surface area contributed by atoms with Gasteiger partial charge in [-0.1, -0.05) is 30.3 Å². The van der Waals surface area contributed by atoms with Crippen molar-refractivity contribution in [2.45, 2.75) is 90.0 Å². The molecule has 3 aromatic carbocycles. The summed E-state index contributed by atoms with van der Waals surface area (Å²) in [7, 11) is 1.76. The van der Waals surface area contributed by atoms with Gasteiger partial charge >= 0.3 is 0 Å². The van der Waals surface area contributed by atoms with E-state index in [0.717, 1.165) is 79.0 Å². The maximum atomic E-state index is 14.6. The fraction of sp³-hybridized carbons (Fsp3) is 0.417. The lowest BCUT2D eigenvalue weighted by molar-refractivity contribution is -0.137. The van der Waals surface area contributed by atoms with Gasteiger partial charge in [-0.2, -0.15) is 5.10 Å². The number of carbonyl (C=O) groups is 4. The zero-order chi connectivity index (χ0) is 44.6. The lowest BCUT2D eigenvalue weighted by Crippen LogP contribution is -2.52. The van der Waals surface area contributed by atoms with E-state index in [0.29, 0.717) is 67.9 Å². The van der Waals surface area contributed by atoms with E-state index < -0.39 is 18.4 Å². The van der Waals surface area contributed by atoms with Crippen LogP contribution in [0.1, 0.15) is 90.0 Å². The number of hydrogen-bond donors (Lipinski definition) is 4. The topological polar surface area (TPSA) is 159 Å². The Kier molecular flexibility index (Phi) is 12.0. The van der Waals surface area contributed by atoms with Crippen LogP contribution in [-0.2, 0) is 47.5 Å². The largest absolute Gasteiger partial charge is 0.385 e. The molecule has 1 unspecified atom stereocenters. The average Bonchev–Trinajstić information content (AvgIpc) is 3.88. The Morgan fingerprint density at radius 2 is 1.72 bits per heavy atom. The maximum absolute atomic E-state index is 14.6. The van der Waals surface area contributed by atoms with Crippen LogP contribution in [-0.4, -0.2) is 98.8 Å². The van der Waals surface area contributed by atoms with E-state index in [1.807, 2.05) is 23.1 Å². The van der Waals surface area contributed by atoms with Crippen LogP contribution in [0.25, 0.3) is 11.1 Å². The fourth-order valence-electron chi connectivity index (χ4n) is 9.89. The lowest BCUT2D eigenvalue weighted by Gasteiger charge is -2.39. The number of nitrogens with zero attached hydrogens (tertiary/aromatic N) is 6. The Hall–Kier alpha value is -6.42. The van der Waals surface area contributed by atoms with Gasteiger partial charge in [-0.05, 0) is 78.6 Å². The van der Waals surface area contributed by atoms with Gasteiger partial charge in [0.1, 0.15) is 11.9 Å². The first-order chi connectivity index (χ1) is 30.9. The number of piperidine rings is 2. The molecule has 334 valence electrons. The molecule has 4 amide bonds. The number of amidine groups is 1. The van der Waals surface area contributed by atoms with Crippen LogP contribution >= 0.6 is 0 Å². The molecule has 16 heteroatoms. The summed E-state index contributed by atoms with van der Waals surface area (Å²) in [6, 6.07) is 17.0. The number of hydrogen-bond acceptors (Lipinski definition) is 9. The van der Waals surface area contributed by atoms with Crippen molar-refractivity contribution >= 4 is 40.8 Å². The predicted molar refractivity (Wildman–Crippen MR) is 239 cm³/mol. The van der Waals surface area contributed by atoms with Gasteiger partial charge in [-0.25, -0.2) is 8.78 Å². The van der Waals surface area contributed by atoms with Crippen LogP contribution in [0.3, 0.4) is 0 Å². The average molecular weight is 873 g/mol. The van der Waals surface area contributed by atoms with Crippen LogP contribution in [0.4, 0.5) is 20.2 Å². The zero-order valence-corrected chi connectivity index (χ0v) is 36.3. The molecule has 1 atom stereocenters. The smallest absolute Gasteiger partial charge is 0.264 e.